The first kappa shape index (κ1) is 19.9. The Kier molecular flexibility index (Phi) is 5.37. The second-order valence-electron chi connectivity index (χ2n) is 7.78. The predicted molar refractivity (Wildman–Crippen MR) is 119 cm³/mol. The van der Waals surface area contributed by atoms with Crippen LogP contribution >= 0.6 is 0 Å². The normalized spacial score (nSPS) is 15.7. The van der Waals surface area contributed by atoms with E-state index in [0.29, 0.717) is 30.4 Å². The van der Waals surface area contributed by atoms with Crippen molar-refractivity contribution in [1.29, 1.82) is 0 Å². The minimum atomic E-state index is -0.0448. The van der Waals surface area contributed by atoms with Crippen LogP contribution in [0, 0.1) is 6.92 Å². The molecule has 1 saturated heterocycles. The van der Waals surface area contributed by atoms with Crippen molar-refractivity contribution >= 4 is 5.91 Å². The molecular formula is C25H22N4O3. The molecule has 0 saturated carbocycles. The van der Waals surface area contributed by atoms with Gasteiger partial charge in [-0.25, -0.2) is 0 Å². The zero-order chi connectivity index (χ0) is 21.9. The van der Waals surface area contributed by atoms with Crippen molar-refractivity contribution in [3.8, 4) is 28.6 Å². The molecule has 0 bridgehead atoms. The van der Waals surface area contributed by atoms with Crippen LogP contribution in [0.3, 0.4) is 0 Å². The van der Waals surface area contributed by atoms with E-state index in [9.17, 15) is 4.79 Å². The van der Waals surface area contributed by atoms with Gasteiger partial charge in [-0.1, -0.05) is 23.4 Å². The predicted octanol–water partition coefficient (Wildman–Crippen LogP) is 4.40. The highest BCUT2D eigenvalue weighted by Gasteiger charge is 2.29. The molecule has 0 radical (unpaired) electrons. The summed E-state index contributed by atoms with van der Waals surface area (Å²) < 4.78 is 11.5. The van der Waals surface area contributed by atoms with Gasteiger partial charge >= 0.3 is 0 Å². The van der Waals surface area contributed by atoms with E-state index >= 15 is 0 Å². The summed E-state index contributed by atoms with van der Waals surface area (Å²) in [6, 6.07) is 19.1. The molecule has 0 N–H and O–H groups in total. The number of nitrogens with zero attached hydrogens (tertiary/aromatic N) is 4. The fraction of sp³-hybridized carbons (Fsp3) is 0.200. The Morgan fingerprint density at radius 2 is 1.88 bits per heavy atom. The van der Waals surface area contributed by atoms with Crippen molar-refractivity contribution in [2.75, 3.05) is 13.1 Å². The summed E-state index contributed by atoms with van der Waals surface area (Å²) in [4.78, 5) is 23.2. The number of carbonyl (C=O) groups is 1. The van der Waals surface area contributed by atoms with E-state index in [1.807, 2.05) is 72.5 Å². The first-order chi connectivity index (χ1) is 15.7. The molecule has 4 aromatic rings. The van der Waals surface area contributed by atoms with E-state index in [0.717, 1.165) is 28.9 Å². The number of ether oxygens (including phenoxy) is 1. The van der Waals surface area contributed by atoms with Crippen molar-refractivity contribution in [2.24, 2.45) is 0 Å². The largest absolute Gasteiger partial charge is 0.489 e. The third-order valence-electron chi connectivity index (χ3n) is 5.56. The third-order valence-corrected chi connectivity index (χ3v) is 5.56. The lowest BCUT2D eigenvalue weighted by Crippen LogP contribution is -2.31. The maximum atomic E-state index is 12.8. The van der Waals surface area contributed by atoms with Crippen LogP contribution in [0.4, 0.5) is 0 Å². The maximum Gasteiger partial charge on any atom is 0.258 e. The molecule has 160 valence electrons. The van der Waals surface area contributed by atoms with E-state index in [1.165, 1.54) is 0 Å². The van der Waals surface area contributed by atoms with Crippen LogP contribution < -0.4 is 4.74 Å². The number of rotatable bonds is 5. The number of aromatic nitrogens is 3. The third kappa shape index (κ3) is 4.09. The van der Waals surface area contributed by atoms with Gasteiger partial charge in [-0.2, -0.15) is 4.98 Å². The van der Waals surface area contributed by atoms with Gasteiger partial charge in [-0.3, -0.25) is 9.78 Å². The quantitative estimate of drug-likeness (QED) is 0.470. The first-order valence-electron chi connectivity index (χ1n) is 10.5. The zero-order valence-corrected chi connectivity index (χ0v) is 17.6. The van der Waals surface area contributed by atoms with Crippen LogP contribution in [0.2, 0.25) is 0 Å². The van der Waals surface area contributed by atoms with E-state index in [2.05, 4.69) is 15.1 Å². The Labute approximate surface area is 185 Å². The van der Waals surface area contributed by atoms with Gasteiger partial charge in [0.1, 0.15) is 11.9 Å². The van der Waals surface area contributed by atoms with Crippen LogP contribution in [0.25, 0.3) is 22.8 Å². The molecule has 32 heavy (non-hydrogen) atoms. The minimum absolute atomic E-state index is 0.00312. The highest BCUT2D eigenvalue weighted by atomic mass is 16.5. The SMILES string of the molecule is Cc1ccncc1C(=O)N1CCC(Oc2ccc(-c3noc(-c4ccccc4)n3)cc2)C1. The Balaban J connectivity index is 1.22. The van der Waals surface area contributed by atoms with Gasteiger partial charge in [0.25, 0.3) is 11.8 Å². The van der Waals surface area contributed by atoms with Crippen molar-refractivity contribution in [3.63, 3.8) is 0 Å². The first-order valence-corrected chi connectivity index (χ1v) is 10.5. The molecule has 0 aliphatic carbocycles. The number of likely N-dealkylation sites (tertiary alicyclic amines) is 1. The van der Waals surface area contributed by atoms with Crippen molar-refractivity contribution in [3.05, 3.63) is 84.2 Å². The highest BCUT2D eigenvalue weighted by molar-refractivity contribution is 5.95. The summed E-state index contributed by atoms with van der Waals surface area (Å²) in [5.41, 5.74) is 3.31. The van der Waals surface area contributed by atoms with Gasteiger partial charge in [0.15, 0.2) is 0 Å². The standard InChI is InChI=1S/C25H22N4O3/c1-17-11-13-26-15-22(17)25(30)29-14-12-21(16-29)31-20-9-7-18(8-10-20)23-27-24(32-28-23)19-5-3-2-4-6-19/h2-11,13,15,21H,12,14,16H2,1H3. The molecule has 1 unspecified atom stereocenters. The van der Waals surface area contributed by atoms with Crippen LogP contribution in [0.15, 0.2) is 77.6 Å². The lowest BCUT2D eigenvalue weighted by molar-refractivity contribution is 0.0771. The fourth-order valence-corrected chi connectivity index (χ4v) is 3.78. The van der Waals surface area contributed by atoms with Gasteiger partial charge in [0.05, 0.1) is 12.1 Å². The minimum Gasteiger partial charge on any atom is -0.489 e. The summed E-state index contributed by atoms with van der Waals surface area (Å²) in [6.45, 7) is 3.15. The van der Waals surface area contributed by atoms with Gasteiger partial charge in [0, 0.05) is 36.5 Å². The number of amides is 1. The van der Waals surface area contributed by atoms with Crippen molar-refractivity contribution in [1.82, 2.24) is 20.0 Å². The molecule has 0 spiro atoms. The van der Waals surface area contributed by atoms with Crippen molar-refractivity contribution in [2.45, 2.75) is 19.4 Å². The van der Waals surface area contributed by atoms with E-state index in [-0.39, 0.29) is 12.0 Å². The smallest absolute Gasteiger partial charge is 0.258 e. The Morgan fingerprint density at radius 3 is 2.66 bits per heavy atom. The van der Waals surface area contributed by atoms with Gasteiger partial charge in [-0.15, -0.1) is 0 Å². The monoisotopic (exact) mass is 426 g/mol. The molecular weight excluding hydrogens is 404 g/mol. The lowest BCUT2D eigenvalue weighted by atomic mass is 10.1. The van der Waals surface area contributed by atoms with E-state index in [4.69, 9.17) is 9.26 Å². The fourth-order valence-electron chi connectivity index (χ4n) is 3.78. The van der Waals surface area contributed by atoms with Gasteiger partial charge < -0.3 is 14.2 Å². The Bertz CT molecular complexity index is 1220. The molecule has 7 heteroatoms. The summed E-state index contributed by atoms with van der Waals surface area (Å²) in [5, 5.41) is 4.08. The summed E-state index contributed by atoms with van der Waals surface area (Å²) in [5.74, 6) is 1.76. The van der Waals surface area contributed by atoms with Gasteiger partial charge in [-0.05, 0) is 55.0 Å². The highest BCUT2D eigenvalue weighted by Crippen LogP contribution is 2.25. The van der Waals surface area contributed by atoms with E-state index in [1.54, 1.807) is 12.4 Å². The number of hydrogen-bond donors (Lipinski definition) is 0. The molecule has 7 nitrogen and oxygen atoms in total. The summed E-state index contributed by atoms with van der Waals surface area (Å²) in [7, 11) is 0. The second kappa shape index (κ2) is 8.63. The summed E-state index contributed by atoms with van der Waals surface area (Å²) >= 11 is 0. The number of carbonyl (C=O) groups excluding carboxylic acids is 1. The van der Waals surface area contributed by atoms with Crippen molar-refractivity contribution < 1.29 is 14.1 Å². The average molecular weight is 426 g/mol. The number of benzene rings is 2. The zero-order valence-electron chi connectivity index (χ0n) is 17.6. The van der Waals surface area contributed by atoms with Gasteiger partial charge in [0.2, 0.25) is 5.82 Å². The number of hydrogen-bond acceptors (Lipinski definition) is 6. The molecule has 2 aromatic carbocycles. The van der Waals surface area contributed by atoms with Crippen LogP contribution in [0.5, 0.6) is 5.75 Å². The number of pyridine rings is 1. The maximum absolute atomic E-state index is 12.8. The molecule has 5 rings (SSSR count). The molecule has 1 fully saturated rings. The molecule has 1 aliphatic rings. The van der Waals surface area contributed by atoms with Crippen LogP contribution in [0.1, 0.15) is 22.3 Å². The van der Waals surface area contributed by atoms with Crippen LogP contribution in [-0.2, 0) is 0 Å². The Morgan fingerprint density at radius 1 is 1.06 bits per heavy atom. The van der Waals surface area contributed by atoms with E-state index < -0.39 is 0 Å². The lowest BCUT2D eigenvalue weighted by Gasteiger charge is -2.18. The second-order valence-corrected chi connectivity index (χ2v) is 7.78. The summed E-state index contributed by atoms with van der Waals surface area (Å²) in [6.07, 6.45) is 4.07. The number of aryl methyl sites for hydroxylation is 1. The Hall–Kier alpha value is -4.00. The molecule has 1 atom stereocenters. The topological polar surface area (TPSA) is 81.4 Å². The molecule has 1 amide bonds. The molecule has 2 aromatic heterocycles. The molecule has 1 aliphatic heterocycles. The average Bonchev–Trinajstić information content (AvgIpc) is 3.50. The van der Waals surface area contributed by atoms with Crippen LogP contribution in [-0.4, -0.2) is 45.1 Å². The molecule has 3 heterocycles.